The van der Waals surface area contributed by atoms with Crippen molar-refractivity contribution in [2.75, 3.05) is 0 Å². The van der Waals surface area contributed by atoms with Gasteiger partial charge in [0, 0.05) is 16.3 Å². The summed E-state index contributed by atoms with van der Waals surface area (Å²) in [6.07, 6.45) is 1.14. The highest BCUT2D eigenvalue weighted by molar-refractivity contribution is 9.09. The van der Waals surface area contributed by atoms with E-state index >= 15 is 0 Å². The van der Waals surface area contributed by atoms with Crippen molar-refractivity contribution in [1.82, 2.24) is 10.5 Å². The van der Waals surface area contributed by atoms with Crippen LogP contribution in [-0.4, -0.2) is 21.9 Å². The van der Waals surface area contributed by atoms with Gasteiger partial charge in [-0.25, -0.2) is 0 Å². The van der Waals surface area contributed by atoms with Gasteiger partial charge in [-0.15, -0.1) is 0 Å². The summed E-state index contributed by atoms with van der Waals surface area (Å²) in [5, 5.41) is 7.82. The number of nitrogens with zero attached hydrogens (tertiary/aromatic N) is 1. The molecule has 2 aromatic rings. The molecule has 0 aliphatic carbocycles. The molecule has 1 heterocycles. The fourth-order valence-electron chi connectivity index (χ4n) is 2.09. The van der Waals surface area contributed by atoms with Gasteiger partial charge >= 0.3 is 0 Å². The summed E-state index contributed by atoms with van der Waals surface area (Å²) in [5.41, 5.74) is 1.40. The molecule has 1 aromatic heterocycles. The summed E-state index contributed by atoms with van der Waals surface area (Å²) in [4.78, 5) is 12.3. The molecule has 0 aliphatic rings. The predicted octanol–water partition coefficient (Wildman–Crippen LogP) is 3.05. The first-order valence-corrected chi connectivity index (χ1v) is 7.24. The molecule has 4 nitrogen and oxygen atoms in total. The minimum absolute atomic E-state index is 0.0281. The Morgan fingerprint density at radius 2 is 2.16 bits per heavy atom. The molecular formula is C14H17BrN2O2. The Bertz CT molecular complexity index is 565. The lowest BCUT2D eigenvalue weighted by molar-refractivity contribution is -0.121. The van der Waals surface area contributed by atoms with Crippen LogP contribution in [0, 0.1) is 0 Å². The average molecular weight is 325 g/mol. The Balaban J connectivity index is 1.99. The van der Waals surface area contributed by atoms with Gasteiger partial charge in [-0.2, -0.15) is 0 Å². The van der Waals surface area contributed by atoms with Crippen LogP contribution in [0.2, 0.25) is 0 Å². The third-order valence-corrected chi connectivity index (χ3v) is 3.24. The Morgan fingerprint density at radius 3 is 2.89 bits per heavy atom. The van der Waals surface area contributed by atoms with Crippen molar-refractivity contribution in [3.63, 3.8) is 0 Å². The number of rotatable bonds is 5. The van der Waals surface area contributed by atoms with Crippen molar-refractivity contribution in [2.45, 2.75) is 37.6 Å². The summed E-state index contributed by atoms with van der Waals surface area (Å²) >= 11 is 3.48. The van der Waals surface area contributed by atoms with Crippen LogP contribution in [0.3, 0.4) is 0 Å². The highest BCUT2D eigenvalue weighted by Gasteiger charge is 2.14. The molecule has 2 rings (SSSR count). The molecule has 0 spiro atoms. The number of benzene rings is 1. The van der Waals surface area contributed by atoms with Gasteiger partial charge in [0.2, 0.25) is 5.91 Å². The maximum absolute atomic E-state index is 11.9. The first-order valence-electron chi connectivity index (χ1n) is 6.33. The number of alkyl halides is 1. The van der Waals surface area contributed by atoms with Gasteiger partial charge in [0.05, 0.1) is 6.42 Å². The van der Waals surface area contributed by atoms with E-state index in [-0.39, 0.29) is 18.4 Å². The molecule has 0 saturated heterocycles. The summed E-state index contributed by atoms with van der Waals surface area (Å²) in [6.45, 7) is 4.06. The highest BCUT2D eigenvalue weighted by Crippen LogP contribution is 2.18. The molecule has 1 amide bonds. The predicted molar refractivity (Wildman–Crippen MR) is 78.3 cm³/mol. The van der Waals surface area contributed by atoms with E-state index in [1.54, 1.807) is 0 Å². The molecular weight excluding hydrogens is 308 g/mol. The molecule has 102 valence electrons. The number of fused-ring (bicyclic) bond motifs is 1. The normalized spacial score (nSPS) is 14.3. The molecule has 0 bridgehead atoms. The number of aromatic nitrogens is 1. The van der Waals surface area contributed by atoms with E-state index in [1.165, 1.54) is 0 Å². The zero-order valence-corrected chi connectivity index (χ0v) is 12.6. The van der Waals surface area contributed by atoms with Crippen LogP contribution in [0.5, 0.6) is 0 Å². The molecule has 0 saturated carbocycles. The SMILES string of the molecule is CC(Br)CC(C)NC(=O)Cc1noc2ccccc12. The van der Waals surface area contributed by atoms with Crippen LogP contribution >= 0.6 is 15.9 Å². The lowest BCUT2D eigenvalue weighted by Crippen LogP contribution is -2.35. The van der Waals surface area contributed by atoms with Gasteiger partial charge in [-0.1, -0.05) is 40.1 Å². The molecule has 5 heteroatoms. The molecule has 2 atom stereocenters. The molecule has 0 fully saturated rings. The van der Waals surface area contributed by atoms with Crippen LogP contribution < -0.4 is 5.32 Å². The second kappa shape index (κ2) is 6.19. The lowest BCUT2D eigenvalue weighted by atomic mass is 10.1. The first kappa shape index (κ1) is 14.1. The summed E-state index contributed by atoms with van der Waals surface area (Å²) in [5.74, 6) is -0.0281. The Labute approximate surface area is 120 Å². The number of carbonyl (C=O) groups is 1. The zero-order chi connectivity index (χ0) is 13.8. The fourth-order valence-corrected chi connectivity index (χ4v) is 2.65. The minimum Gasteiger partial charge on any atom is -0.356 e. The average Bonchev–Trinajstić information content (AvgIpc) is 2.71. The monoisotopic (exact) mass is 324 g/mol. The standard InChI is InChI=1S/C14H17BrN2O2/c1-9(15)7-10(2)16-14(18)8-12-11-5-3-4-6-13(11)19-17-12/h3-6,9-10H,7-8H2,1-2H3,(H,16,18). The van der Waals surface area contributed by atoms with Crippen LogP contribution in [0.25, 0.3) is 11.0 Å². The highest BCUT2D eigenvalue weighted by atomic mass is 79.9. The van der Waals surface area contributed by atoms with Crippen molar-refractivity contribution in [1.29, 1.82) is 0 Å². The van der Waals surface area contributed by atoms with Crippen LogP contribution in [0.15, 0.2) is 28.8 Å². The van der Waals surface area contributed by atoms with Gasteiger partial charge in [-0.05, 0) is 25.5 Å². The van der Waals surface area contributed by atoms with E-state index in [9.17, 15) is 4.79 Å². The van der Waals surface area contributed by atoms with E-state index in [0.29, 0.717) is 16.1 Å². The third kappa shape index (κ3) is 3.80. The van der Waals surface area contributed by atoms with Crippen molar-refractivity contribution in [3.05, 3.63) is 30.0 Å². The van der Waals surface area contributed by atoms with E-state index in [0.717, 1.165) is 11.8 Å². The molecule has 1 aromatic carbocycles. The maximum Gasteiger partial charge on any atom is 0.226 e. The van der Waals surface area contributed by atoms with E-state index in [4.69, 9.17) is 4.52 Å². The second-order valence-corrected chi connectivity index (χ2v) is 6.35. The quantitative estimate of drug-likeness (QED) is 0.860. The van der Waals surface area contributed by atoms with Crippen LogP contribution in [0.4, 0.5) is 0 Å². The van der Waals surface area contributed by atoms with Crippen molar-refractivity contribution in [2.24, 2.45) is 0 Å². The topological polar surface area (TPSA) is 55.1 Å². The smallest absolute Gasteiger partial charge is 0.226 e. The number of para-hydroxylation sites is 1. The van der Waals surface area contributed by atoms with E-state index in [1.807, 2.05) is 31.2 Å². The Morgan fingerprint density at radius 1 is 1.42 bits per heavy atom. The first-order chi connectivity index (χ1) is 9.06. The molecule has 19 heavy (non-hydrogen) atoms. The molecule has 0 aliphatic heterocycles. The zero-order valence-electron chi connectivity index (χ0n) is 11.0. The van der Waals surface area contributed by atoms with Gasteiger partial charge in [0.1, 0.15) is 5.69 Å². The number of amides is 1. The van der Waals surface area contributed by atoms with Gasteiger partial charge in [0.25, 0.3) is 0 Å². The van der Waals surface area contributed by atoms with Crippen LogP contribution in [0.1, 0.15) is 26.0 Å². The van der Waals surface area contributed by atoms with Crippen molar-refractivity contribution in [3.8, 4) is 0 Å². The Kier molecular flexibility index (Phi) is 4.58. The number of halogens is 1. The molecule has 1 N–H and O–H groups in total. The maximum atomic E-state index is 11.9. The fraction of sp³-hybridized carbons (Fsp3) is 0.429. The Hall–Kier alpha value is -1.36. The number of hydrogen-bond donors (Lipinski definition) is 1. The van der Waals surface area contributed by atoms with E-state index in [2.05, 4.69) is 33.3 Å². The van der Waals surface area contributed by atoms with Gasteiger partial charge in [0.15, 0.2) is 5.58 Å². The van der Waals surface area contributed by atoms with Crippen LogP contribution in [-0.2, 0) is 11.2 Å². The minimum atomic E-state index is -0.0281. The lowest BCUT2D eigenvalue weighted by Gasteiger charge is -2.14. The summed E-state index contributed by atoms with van der Waals surface area (Å²) in [7, 11) is 0. The summed E-state index contributed by atoms with van der Waals surface area (Å²) < 4.78 is 5.18. The number of hydrogen-bond acceptors (Lipinski definition) is 3. The summed E-state index contributed by atoms with van der Waals surface area (Å²) in [6, 6.07) is 7.70. The van der Waals surface area contributed by atoms with Gasteiger partial charge < -0.3 is 9.84 Å². The van der Waals surface area contributed by atoms with Gasteiger partial charge in [-0.3, -0.25) is 4.79 Å². The largest absolute Gasteiger partial charge is 0.356 e. The van der Waals surface area contributed by atoms with Crippen molar-refractivity contribution >= 4 is 32.8 Å². The third-order valence-electron chi connectivity index (χ3n) is 2.87. The molecule has 2 unspecified atom stereocenters. The molecule has 0 radical (unpaired) electrons. The van der Waals surface area contributed by atoms with E-state index < -0.39 is 0 Å². The number of carbonyl (C=O) groups excluding carboxylic acids is 1. The second-order valence-electron chi connectivity index (χ2n) is 4.79. The number of nitrogens with one attached hydrogen (secondary N) is 1. The van der Waals surface area contributed by atoms with Crippen molar-refractivity contribution < 1.29 is 9.32 Å².